The summed E-state index contributed by atoms with van der Waals surface area (Å²) in [5.74, 6) is -1.10. The van der Waals surface area contributed by atoms with Crippen LogP contribution in [-0.2, 0) is 9.53 Å². The van der Waals surface area contributed by atoms with Crippen LogP contribution in [0.15, 0.2) is 22.7 Å². The predicted molar refractivity (Wildman–Crippen MR) is 64.2 cm³/mol. The van der Waals surface area contributed by atoms with Gasteiger partial charge in [0, 0.05) is 5.69 Å². The second kappa shape index (κ2) is 6.85. The Morgan fingerprint density at radius 1 is 1.37 bits per heavy atom. The van der Waals surface area contributed by atoms with Crippen LogP contribution in [0.5, 0.6) is 0 Å². The van der Waals surface area contributed by atoms with E-state index in [-0.39, 0.29) is 23.2 Å². The zero-order valence-electron chi connectivity index (χ0n) is 9.56. The van der Waals surface area contributed by atoms with Crippen molar-refractivity contribution < 1.29 is 27.1 Å². The van der Waals surface area contributed by atoms with Crippen molar-refractivity contribution in [3.05, 3.63) is 28.5 Å². The fourth-order valence-corrected chi connectivity index (χ4v) is 1.40. The molecule has 1 rings (SSSR count). The number of hydrogen-bond acceptors (Lipinski definition) is 2. The maximum Gasteiger partial charge on any atom is 0.411 e. The standard InChI is InChI=1S/C11H10BrF4NO2/c12-8-2-1-7(5-9(8)13)17-10(18)3-4-19-6-11(14,15)16/h1-2,5H,3-4,6H2,(H,17,18). The summed E-state index contributed by atoms with van der Waals surface area (Å²) in [4.78, 5) is 11.3. The lowest BCUT2D eigenvalue weighted by atomic mass is 10.3. The summed E-state index contributed by atoms with van der Waals surface area (Å²) in [6.45, 7) is -1.75. The van der Waals surface area contributed by atoms with Gasteiger partial charge in [0.25, 0.3) is 0 Å². The van der Waals surface area contributed by atoms with Crippen LogP contribution in [-0.4, -0.2) is 25.3 Å². The zero-order valence-corrected chi connectivity index (χ0v) is 11.1. The van der Waals surface area contributed by atoms with Gasteiger partial charge in [-0.05, 0) is 34.1 Å². The van der Waals surface area contributed by atoms with E-state index in [1.165, 1.54) is 12.1 Å². The fourth-order valence-electron chi connectivity index (χ4n) is 1.15. The van der Waals surface area contributed by atoms with E-state index in [0.29, 0.717) is 0 Å². The Morgan fingerprint density at radius 3 is 2.63 bits per heavy atom. The van der Waals surface area contributed by atoms with Gasteiger partial charge in [-0.1, -0.05) is 0 Å². The van der Waals surface area contributed by atoms with Crippen molar-refractivity contribution in [2.24, 2.45) is 0 Å². The van der Waals surface area contributed by atoms with Gasteiger partial charge < -0.3 is 10.1 Å². The minimum absolute atomic E-state index is 0.224. The lowest BCUT2D eigenvalue weighted by molar-refractivity contribution is -0.174. The van der Waals surface area contributed by atoms with Gasteiger partial charge >= 0.3 is 6.18 Å². The number of carbonyl (C=O) groups excluding carboxylic acids is 1. The third kappa shape index (κ3) is 6.53. The second-order valence-corrected chi connectivity index (χ2v) is 4.45. The SMILES string of the molecule is O=C(CCOCC(F)(F)F)Nc1ccc(Br)c(F)c1. The molecule has 1 amide bonds. The highest BCUT2D eigenvalue weighted by Crippen LogP contribution is 2.19. The molecule has 1 aromatic rings. The Bertz CT molecular complexity index is 451. The smallest absolute Gasteiger partial charge is 0.372 e. The number of halogens is 5. The minimum atomic E-state index is -4.41. The Hall–Kier alpha value is -1.15. The fraction of sp³-hybridized carbons (Fsp3) is 0.364. The van der Waals surface area contributed by atoms with Crippen LogP contribution in [0.4, 0.5) is 23.2 Å². The summed E-state index contributed by atoms with van der Waals surface area (Å²) < 4.78 is 52.9. The third-order valence-electron chi connectivity index (χ3n) is 1.94. The molecule has 0 radical (unpaired) electrons. The molecule has 0 aliphatic rings. The summed E-state index contributed by atoms with van der Waals surface area (Å²) in [6.07, 6.45) is -4.65. The van der Waals surface area contributed by atoms with Gasteiger partial charge in [0.15, 0.2) is 0 Å². The number of nitrogens with one attached hydrogen (secondary N) is 1. The first-order chi connectivity index (χ1) is 8.78. The molecule has 0 spiro atoms. The third-order valence-corrected chi connectivity index (χ3v) is 2.59. The molecule has 0 fully saturated rings. The zero-order chi connectivity index (χ0) is 14.5. The molecule has 0 aromatic heterocycles. The molecule has 0 unspecified atom stereocenters. The molecule has 0 saturated heterocycles. The van der Waals surface area contributed by atoms with Gasteiger partial charge in [-0.3, -0.25) is 4.79 Å². The van der Waals surface area contributed by atoms with Crippen LogP contribution in [0, 0.1) is 5.82 Å². The second-order valence-electron chi connectivity index (χ2n) is 3.59. The van der Waals surface area contributed by atoms with Gasteiger partial charge in [0.1, 0.15) is 12.4 Å². The molecule has 0 heterocycles. The van der Waals surface area contributed by atoms with Crippen LogP contribution in [0.1, 0.15) is 6.42 Å². The van der Waals surface area contributed by atoms with Crippen LogP contribution in [0.2, 0.25) is 0 Å². The van der Waals surface area contributed by atoms with Crippen molar-refractivity contribution >= 4 is 27.5 Å². The van der Waals surface area contributed by atoms with Crippen LogP contribution in [0.25, 0.3) is 0 Å². The Morgan fingerprint density at radius 2 is 2.05 bits per heavy atom. The molecular formula is C11H10BrF4NO2. The van der Waals surface area contributed by atoms with E-state index in [1.54, 1.807) is 0 Å². The molecule has 0 atom stereocenters. The van der Waals surface area contributed by atoms with Crippen molar-refractivity contribution in [2.75, 3.05) is 18.5 Å². The van der Waals surface area contributed by atoms with Crippen LogP contribution >= 0.6 is 15.9 Å². The predicted octanol–water partition coefficient (Wildman–Crippen LogP) is 3.50. The molecule has 19 heavy (non-hydrogen) atoms. The average Bonchev–Trinajstić information content (AvgIpc) is 2.28. The van der Waals surface area contributed by atoms with E-state index >= 15 is 0 Å². The van der Waals surface area contributed by atoms with Crippen molar-refractivity contribution in [1.82, 2.24) is 0 Å². The van der Waals surface area contributed by atoms with Crippen molar-refractivity contribution in [1.29, 1.82) is 0 Å². The molecule has 106 valence electrons. The quantitative estimate of drug-likeness (QED) is 0.656. The molecule has 3 nitrogen and oxygen atoms in total. The van der Waals surface area contributed by atoms with Gasteiger partial charge in [0.05, 0.1) is 17.5 Å². The Balaban J connectivity index is 2.33. The van der Waals surface area contributed by atoms with Gasteiger partial charge in [0.2, 0.25) is 5.91 Å². The molecule has 1 aromatic carbocycles. The van der Waals surface area contributed by atoms with E-state index in [9.17, 15) is 22.4 Å². The number of hydrogen-bond donors (Lipinski definition) is 1. The largest absolute Gasteiger partial charge is 0.411 e. The molecule has 1 N–H and O–H groups in total. The maximum absolute atomic E-state index is 13.1. The van der Waals surface area contributed by atoms with E-state index in [2.05, 4.69) is 26.0 Å². The monoisotopic (exact) mass is 343 g/mol. The Labute approximate surface area is 115 Å². The van der Waals surface area contributed by atoms with E-state index in [4.69, 9.17) is 0 Å². The van der Waals surface area contributed by atoms with Gasteiger partial charge in [-0.15, -0.1) is 0 Å². The first-order valence-corrected chi connectivity index (χ1v) is 5.96. The lowest BCUT2D eigenvalue weighted by Crippen LogP contribution is -2.20. The number of benzene rings is 1. The number of alkyl halides is 3. The highest BCUT2D eigenvalue weighted by Gasteiger charge is 2.27. The number of rotatable bonds is 5. The van der Waals surface area contributed by atoms with Crippen molar-refractivity contribution in [2.45, 2.75) is 12.6 Å². The molecule has 0 bridgehead atoms. The van der Waals surface area contributed by atoms with Crippen molar-refractivity contribution in [3.63, 3.8) is 0 Å². The van der Waals surface area contributed by atoms with Crippen molar-refractivity contribution in [3.8, 4) is 0 Å². The molecule has 0 aliphatic carbocycles. The highest BCUT2D eigenvalue weighted by atomic mass is 79.9. The van der Waals surface area contributed by atoms with Gasteiger partial charge in [-0.25, -0.2) is 4.39 Å². The van der Waals surface area contributed by atoms with Gasteiger partial charge in [-0.2, -0.15) is 13.2 Å². The van der Waals surface area contributed by atoms with E-state index < -0.39 is 24.5 Å². The molecular weight excluding hydrogens is 334 g/mol. The number of carbonyl (C=O) groups is 1. The maximum atomic E-state index is 13.1. The first kappa shape index (κ1) is 15.9. The average molecular weight is 344 g/mol. The van der Waals surface area contributed by atoms with Crippen LogP contribution < -0.4 is 5.32 Å². The minimum Gasteiger partial charge on any atom is -0.372 e. The molecule has 8 heteroatoms. The summed E-state index contributed by atoms with van der Waals surface area (Å²) in [5.41, 5.74) is 0.224. The van der Waals surface area contributed by atoms with Crippen LogP contribution in [0.3, 0.4) is 0 Å². The molecule has 0 saturated carbocycles. The lowest BCUT2D eigenvalue weighted by Gasteiger charge is -2.08. The normalized spacial score (nSPS) is 11.4. The summed E-state index contributed by atoms with van der Waals surface area (Å²) >= 11 is 2.95. The summed E-state index contributed by atoms with van der Waals surface area (Å²) in [5, 5.41) is 2.35. The summed E-state index contributed by atoms with van der Waals surface area (Å²) in [6, 6.07) is 3.96. The molecule has 0 aliphatic heterocycles. The first-order valence-electron chi connectivity index (χ1n) is 5.17. The van der Waals surface area contributed by atoms with E-state index in [1.807, 2.05) is 0 Å². The summed E-state index contributed by atoms with van der Waals surface area (Å²) in [7, 11) is 0. The Kier molecular flexibility index (Phi) is 5.74. The highest BCUT2D eigenvalue weighted by molar-refractivity contribution is 9.10. The topological polar surface area (TPSA) is 38.3 Å². The number of amides is 1. The van der Waals surface area contributed by atoms with E-state index in [0.717, 1.165) is 6.07 Å². The number of ether oxygens (including phenoxy) is 1. The number of anilines is 1.